The first-order valence-electron chi connectivity index (χ1n) is 6.92. The summed E-state index contributed by atoms with van der Waals surface area (Å²) in [5.74, 6) is 0.0221. The van der Waals surface area contributed by atoms with Crippen LogP contribution in [0.5, 0.6) is 0 Å². The van der Waals surface area contributed by atoms with Gasteiger partial charge in [0.1, 0.15) is 11.4 Å². The van der Waals surface area contributed by atoms with E-state index in [4.69, 9.17) is 10.8 Å². The highest BCUT2D eigenvalue weighted by molar-refractivity contribution is 5.78. The van der Waals surface area contributed by atoms with Gasteiger partial charge in [-0.15, -0.1) is 0 Å². The number of aliphatic carboxylic acids is 1. The van der Waals surface area contributed by atoms with Crippen LogP contribution in [0.2, 0.25) is 0 Å². The Labute approximate surface area is 118 Å². The smallest absolute Gasteiger partial charge is 0.323 e. The predicted octanol–water partition coefficient (Wildman–Crippen LogP) is 2.18. The Bertz CT molecular complexity index is 617. The van der Waals surface area contributed by atoms with Crippen LogP contribution in [0.25, 0.3) is 11.0 Å². The zero-order chi connectivity index (χ0) is 14.8. The Morgan fingerprint density at radius 1 is 1.45 bits per heavy atom. The minimum absolute atomic E-state index is 0.374. The molecule has 108 valence electrons. The second kappa shape index (κ2) is 5.63. The first-order valence-corrected chi connectivity index (χ1v) is 6.92. The van der Waals surface area contributed by atoms with Gasteiger partial charge in [0.25, 0.3) is 0 Å². The minimum Gasteiger partial charge on any atom is -0.480 e. The molecule has 0 radical (unpaired) electrons. The number of aromatic nitrogens is 2. The Morgan fingerprint density at radius 2 is 2.15 bits per heavy atom. The molecule has 0 saturated carbocycles. The van der Waals surface area contributed by atoms with Gasteiger partial charge in [0, 0.05) is 13.0 Å². The maximum absolute atomic E-state index is 11.1. The lowest BCUT2D eigenvalue weighted by Crippen LogP contribution is -2.45. The number of carbonyl (C=O) groups is 1. The third-order valence-electron chi connectivity index (χ3n) is 3.55. The summed E-state index contributed by atoms with van der Waals surface area (Å²) >= 11 is 0. The lowest BCUT2D eigenvalue weighted by atomic mass is 10.00. The van der Waals surface area contributed by atoms with Crippen molar-refractivity contribution in [3.63, 3.8) is 0 Å². The van der Waals surface area contributed by atoms with Gasteiger partial charge in [-0.05, 0) is 31.9 Å². The molecule has 3 N–H and O–H groups in total. The average molecular weight is 275 g/mol. The molecule has 1 aromatic carbocycles. The molecule has 0 aliphatic heterocycles. The van der Waals surface area contributed by atoms with Crippen LogP contribution in [0.15, 0.2) is 24.3 Å². The van der Waals surface area contributed by atoms with Crippen molar-refractivity contribution >= 4 is 17.0 Å². The van der Waals surface area contributed by atoms with E-state index in [1.165, 1.54) is 0 Å². The van der Waals surface area contributed by atoms with Gasteiger partial charge >= 0.3 is 5.97 Å². The van der Waals surface area contributed by atoms with Crippen LogP contribution < -0.4 is 5.73 Å². The Morgan fingerprint density at radius 3 is 2.80 bits per heavy atom. The Hall–Kier alpha value is -1.88. The maximum Gasteiger partial charge on any atom is 0.323 e. The second-order valence-corrected chi connectivity index (χ2v) is 5.39. The summed E-state index contributed by atoms with van der Waals surface area (Å²) in [4.78, 5) is 15.7. The number of imidazole rings is 1. The van der Waals surface area contributed by atoms with Crippen molar-refractivity contribution in [1.29, 1.82) is 0 Å². The van der Waals surface area contributed by atoms with E-state index in [2.05, 4.69) is 16.5 Å². The molecule has 0 amide bonds. The molecule has 5 heteroatoms. The van der Waals surface area contributed by atoms with E-state index in [-0.39, 0.29) is 0 Å². The molecule has 1 unspecified atom stereocenters. The van der Waals surface area contributed by atoms with Crippen LogP contribution in [0.1, 0.15) is 32.5 Å². The van der Waals surface area contributed by atoms with Crippen LogP contribution in [0.4, 0.5) is 0 Å². The lowest BCUT2D eigenvalue weighted by molar-refractivity contribution is -0.143. The number of hydrogen-bond donors (Lipinski definition) is 2. The van der Waals surface area contributed by atoms with Gasteiger partial charge in [-0.2, -0.15) is 0 Å². The molecule has 2 rings (SSSR count). The van der Waals surface area contributed by atoms with Gasteiger partial charge in [-0.1, -0.05) is 19.1 Å². The molecule has 0 aliphatic rings. The molecule has 0 bridgehead atoms. The van der Waals surface area contributed by atoms with E-state index in [0.717, 1.165) is 29.7 Å². The predicted molar refractivity (Wildman–Crippen MR) is 78.6 cm³/mol. The summed E-state index contributed by atoms with van der Waals surface area (Å²) in [6, 6.07) is 7.91. The second-order valence-electron chi connectivity index (χ2n) is 5.39. The van der Waals surface area contributed by atoms with Gasteiger partial charge in [0.15, 0.2) is 0 Å². The van der Waals surface area contributed by atoms with Crippen molar-refractivity contribution in [2.24, 2.45) is 5.73 Å². The summed E-state index contributed by atoms with van der Waals surface area (Å²) < 4.78 is 2.09. The third kappa shape index (κ3) is 2.82. The quantitative estimate of drug-likeness (QED) is 0.846. The number of hydrogen-bond acceptors (Lipinski definition) is 3. The summed E-state index contributed by atoms with van der Waals surface area (Å²) in [6.45, 7) is 4.22. The van der Waals surface area contributed by atoms with Crippen molar-refractivity contribution in [1.82, 2.24) is 9.55 Å². The lowest BCUT2D eigenvalue weighted by Gasteiger charge is -2.20. The minimum atomic E-state index is -1.21. The summed E-state index contributed by atoms with van der Waals surface area (Å²) in [6.07, 6.45) is 2.25. The van der Waals surface area contributed by atoms with E-state index < -0.39 is 11.5 Å². The molecular formula is C15H21N3O2. The largest absolute Gasteiger partial charge is 0.480 e. The van der Waals surface area contributed by atoms with Crippen LogP contribution in [0.3, 0.4) is 0 Å². The standard InChI is InChI=1S/C15H21N3O2/c1-3-6-13-17-11-7-4-5-8-12(11)18(13)10-9-15(2,16)14(19)20/h4-5,7-8H,3,6,9-10,16H2,1-2H3,(H,19,20). The van der Waals surface area contributed by atoms with Crippen LogP contribution in [-0.4, -0.2) is 26.2 Å². The molecule has 0 saturated heterocycles. The number of aryl methyl sites for hydroxylation is 2. The van der Waals surface area contributed by atoms with Crippen molar-refractivity contribution in [3.8, 4) is 0 Å². The number of rotatable bonds is 6. The van der Waals surface area contributed by atoms with E-state index in [1.807, 2.05) is 24.3 Å². The number of nitrogens with two attached hydrogens (primary N) is 1. The van der Waals surface area contributed by atoms with E-state index >= 15 is 0 Å². The van der Waals surface area contributed by atoms with Gasteiger partial charge in [0.2, 0.25) is 0 Å². The molecule has 1 atom stereocenters. The van der Waals surface area contributed by atoms with Crippen LogP contribution in [-0.2, 0) is 17.8 Å². The number of carboxylic acids is 1. The summed E-state index contributed by atoms with van der Waals surface area (Å²) in [7, 11) is 0. The highest BCUT2D eigenvalue weighted by Gasteiger charge is 2.28. The zero-order valence-corrected chi connectivity index (χ0v) is 12.0. The molecule has 1 heterocycles. The topological polar surface area (TPSA) is 81.1 Å². The van der Waals surface area contributed by atoms with Gasteiger partial charge in [-0.3, -0.25) is 4.79 Å². The zero-order valence-electron chi connectivity index (χ0n) is 12.0. The molecule has 0 spiro atoms. The Balaban J connectivity index is 2.32. The highest BCUT2D eigenvalue weighted by atomic mass is 16.4. The fourth-order valence-electron chi connectivity index (χ4n) is 2.24. The SMILES string of the molecule is CCCc1nc2ccccc2n1CCC(C)(N)C(=O)O. The monoisotopic (exact) mass is 275 g/mol. The highest BCUT2D eigenvalue weighted by Crippen LogP contribution is 2.19. The third-order valence-corrected chi connectivity index (χ3v) is 3.55. The number of benzene rings is 1. The molecule has 5 nitrogen and oxygen atoms in total. The fourth-order valence-corrected chi connectivity index (χ4v) is 2.24. The van der Waals surface area contributed by atoms with Crippen molar-refractivity contribution in [2.75, 3.05) is 0 Å². The molecule has 0 aliphatic carbocycles. The molecule has 1 aromatic heterocycles. The fraction of sp³-hybridized carbons (Fsp3) is 0.467. The number of para-hydroxylation sites is 2. The van der Waals surface area contributed by atoms with Crippen molar-refractivity contribution in [3.05, 3.63) is 30.1 Å². The summed E-state index contributed by atoms with van der Waals surface area (Å²) in [5, 5.41) is 9.11. The summed E-state index contributed by atoms with van der Waals surface area (Å²) in [5.41, 5.74) is 6.59. The number of carboxylic acid groups (broad SMARTS) is 1. The molecular weight excluding hydrogens is 254 g/mol. The van der Waals surface area contributed by atoms with Gasteiger partial charge < -0.3 is 15.4 Å². The normalized spacial score (nSPS) is 14.3. The van der Waals surface area contributed by atoms with E-state index in [9.17, 15) is 4.79 Å². The number of nitrogens with zero attached hydrogens (tertiary/aromatic N) is 2. The van der Waals surface area contributed by atoms with E-state index in [0.29, 0.717) is 13.0 Å². The van der Waals surface area contributed by atoms with Gasteiger partial charge in [0.05, 0.1) is 11.0 Å². The molecule has 0 fully saturated rings. The average Bonchev–Trinajstić information content (AvgIpc) is 2.74. The first-order chi connectivity index (χ1) is 9.45. The number of fused-ring (bicyclic) bond motifs is 1. The van der Waals surface area contributed by atoms with Crippen LogP contribution >= 0.6 is 0 Å². The van der Waals surface area contributed by atoms with Crippen molar-refractivity contribution in [2.45, 2.75) is 45.2 Å². The maximum atomic E-state index is 11.1. The van der Waals surface area contributed by atoms with Crippen LogP contribution in [0, 0.1) is 0 Å². The van der Waals surface area contributed by atoms with Gasteiger partial charge in [-0.25, -0.2) is 4.98 Å². The Kier molecular flexibility index (Phi) is 4.09. The molecule has 20 heavy (non-hydrogen) atoms. The first kappa shape index (κ1) is 14.5. The van der Waals surface area contributed by atoms with E-state index in [1.54, 1.807) is 6.92 Å². The van der Waals surface area contributed by atoms with Crippen molar-refractivity contribution < 1.29 is 9.90 Å². The molecule has 2 aromatic rings.